The molecule has 6 nitrogen and oxygen atoms in total. The highest BCUT2D eigenvalue weighted by atomic mass is 16.2. The number of aromatic nitrogens is 2. The van der Waals surface area contributed by atoms with E-state index in [0.29, 0.717) is 18.4 Å². The summed E-state index contributed by atoms with van der Waals surface area (Å²) in [5.41, 5.74) is 1.72. The number of hydrogen-bond donors (Lipinski definition) is 1. The predicted octanol–water partition coefficient (Wildman–Crippen LogP) is 2.39. The summed E-state index contributed by atoms with van der Waals surface area (Å²) in [6.45, 7) is 6.72. The number of amides is 1. The number of carbonyl (C=O) groups excluding carboxylic acids is 1. The van der Waals surface area contributed by atoms with Gasteiger partial charge in [0.05, 0.1) is 17.3 Å². The fourth-order valence-electron chi connectivity index (χ4n) is 4.79. The smallest absolute Gasteiger partial charge is 0.255 e. The van der Waals surface area contributed by atoms with Crippen molar-refractivity contribution in [3.8, 4) is 0 Å². The molecule has 0 radical (unpaired) electrons. The van der Waals surface area contributed by atoms with Gasteiger partial charge in [0.2, 0.25) is 5.91 Å². The van der Waals surface area contributed by atoms with E-state index in [2.05, 4.69) is 23.7 Å². The van der Waals surface area contributed by atoms with E-state index < -0.39 is 0 Å². The number of hydrogen-bond acceptors (Lipinski definition) is 4. The maximum Gasteiger partial charge on any atom is 0.255 e. The molecule has 0 bridgehead atoms. The second kappa shape index (κ2) is 7.14. The van der Waals surface area contributed by atoms with Gasteiger partial charge in [0, 0.05) is 38.0 Å². The molecule has 0 aromatic carbocycles. The van der Waals surface area contributed by atoms with E-state index in [1.165, 1.54) is 0 Å². The Bertz CT molecular complexity index is 736. The summed E-state index contributed by atoms with van der Waals surface area (Å²) in [4.78, 5) is 37.8. The minimum atomic E-state index is -0.0516. The van der Waals surface area contributed by atoms with Gasteiger partial charge >= 0.3 is 0 Å². The Morgan fingerprint density at radius 3 is 2.65 bits per heavy atom. The number of carbonyl (C=O) groups is 1. The van der Waals surface area contributed by atoms with Crippen LogP contribution in [0.5, 0.6) is 0 Å². The molecule has 3 aliphatic rings. The molecule has 4 rings (SSSR count). The zero-order valence-electron chi connectivity index (χ0n) is 16.0. The SMILES string of the molecule is CC(C)N1CCc2nc(C3CCCN3C(=O)C3CCCC3)[nH]c(=O)c2C1. The Hall–Kier alpha value is -1.69. The molecule has 2 fully saturated rings. The van der Waals surface area contributed by atoms with Crippen molar-refractivity contribution in [1.29, 1.82) is 0 Å². The summed E-state index contributed by atoms with van der Waals surface area (Å²) in [5, 5.41) is 0. The summed E-state index contributed by atoms with van der Waals surface area (Å²) in [6.07, 6.45) is 7.06. The molecule has 2 aliphatic heterocycles. The molecule has 1 aliphatic carbocycles. The van der Waals surface area contributed by atoms with E-state index in [0.717, 1.165) is 69.3 Å². The van der Waals surface area contributed by atoms with Gasteiger partial charge in [0.1, 0.15) is 5.82 Å². The average Bonchev–Trinajstić information content (AvgIpc) is 3.32. The Balaban J connectivity index is 1.59. The molecule has 0 spiro atoms. The highest BCUT2D eigenvalue weighted by Crippen LogP contribution is 2.35. The minimum Gasteiger partial charge on any atom is -0.332 e. The first kappa shape index (κ1) is 17.7. The van der Waals surface area contributed by atoms with Crippen LogP contribution < -0.4 is 5.56 Å². The van der Waals surface area contributed by atoms with Crippen molar-refractivity contribution in [2.24, 2.45) is 5.92 Å². The van der Waals surface area contributed by atoms with Crippen LogP contribution in [0.3, 0.4) is 0 Å². The molecule has 1 unspecified atom stereocenters. The molecule has 1 N–H and O–H groups in total. The van der Waals surface area contributed by atoms with Gasteiger partial charge in [-0.15, -0.1) is 0 Å². The lowest BCUT2D eigenvalue weighted by Crippen LogP contribution is -2.41. The van der Waals surface area contributed by atoms with Gasteiger partial charge in [0.15, 0.2) is 0 Å². The van der Waals surface area contributed by atoms with E-state index in [-0.39, 0.29) is 23.4 Å². The van der Waals surface area contributed by atoms with Gasteiger partial charge in [-0.1, -0.05) is 12.8 Å². The van der Waals surface area contributed by atoms with Crippen LogP contribution in [0.1, 0.15) is 75.5 Å². The normalized spacial score (nSPS) is 24.4. The van der Waals surface area contributed by atoms with Crippen molar-refractivity contribution in [3.63, 3.8) is 0 Å². The molecule has 26 heavy (non-hydrogen) atoms. The number of aromatic amines is 1. The molecular formula is C20H30N4O2. The fraction of sp³-hybridized carbons (Fsp3) is 0.750. The van der Waals surface area contributed by atoms with E-state index in [1.54, 1.807) is 0 Å². The molecule has 3 heterocycles. The summed E-state index contributed by atoms with van der Waals surface area (Å²) in [7, 11) is 0. The van der Waals surface area contributed by atoms with Crippen LogP contribution in [-0.4, -0.2) is 44.8 Å². The third-order valence-corrected chi connectivity index (χ3v) is 6.40. The van der Waals surface area contributed by atoms with Crippen molar-refractivity contribution >= 4 is 5.91 Å². The third kappa shape index (κ3) is 3.20. The zero-order valence-corrected chi connectivity index (χ0v) is 16.0. The van der Waals surface area contributed by atoms with Crippen LogP contribution >= 0.6 is 0 Å². The molecule has 1 aromatic heterocycles. The van der Waals surface area contributed by atoms with Gasteiger partial charge in [-0.05, 0) is 39.5 Å². The van der Waals surface area contributed by atoms with Crippen molar-refractivity contribution < 1.29 is 4.79 Å². The Kier molecular flexibility index (Phi) is 4.86. The van der Waals surface area contributed by atoms with Gasteiger partial charge in [-0.25, -0.2) is 4.98 Å². The number of rotatable bonds is 3. The van der Waals surface area contributed by atoms with E-state index in [9.17, 15) is 9.59 Å². The number of likely N-dealkylation sites (tertiary alicyclic amines) is 1. The lowest BCUT2D eigenvalue weighted by atomic mass is 10.0. The molecule has 1 saturated carbocycles. The van der Waals surface area contributed by atoms with Crippen molar-refractivity contribution in [2.45, 2.75) is 77.4 Å². The monoisotopic (exact) mass is 358 g/mol. The standard InChI is InChI=1S/C20H30N4O2/c1-13(2)23-11-9-16-15(12-23)19(25)22-18(21-16)17-8-5-10-24(17)20(26)14-6-3-4-7-14/h13-14,17H,3-12H2,1-2H3,(H,21,22,25). The Morgan fingerprint density at radius 2 is 1.92 bits per heavy atom. The Morgan fingerprint density at radius 1 is 1.15 bits per heavy atom. The molecule has 1 amide bonds. The highest BCUT2D eigenvalue weighted by molar-refractivity contribution is 5.79. The highest BCUT2D eigenvalue weighted by Gasteiger charge is 2.36. The number of fused-ring (bicyclic) bond motifs is 1. The van der Waals surface area contributed by atoms with Crippen molar-refractivity contribution in [3.05, 3.63) is 27.4 Å². The molecule has 1 atom stereocenters. The fourth-order valence-corrected chi connectivity index (χ4v) is 4.79. The summed E-state index contributed by atoms with van der Waals surface area (Å²) >= 11 is 0. The third-order valence-electron chi connectivity index (χ3n) is 6.40. The van der Waals surface area contributed by atoms with Gasteiger partial charge < -0.3 is 9.88 Å². The minimum absolute atomic E-state index is 0.0180. The average molecular weight is 358 g/mol. The lowest BCUT2D eigenvalue weighted by molar-refractivity contribution is -0.136. The van der Waals surface area contributed by atoms with Gasteiger partial charge in [0.25, 0.3) is 5.56 Å². The second-order valence-electron chi connectivity index (χ2n) is 8.36. The van der Waals surface area contributed by atoms with Crippen LogP contribution in [0, 0.1) is 5.92 Å². The van der Waals surface area contributed by atoms with Crippen molar-refractivity contribution in [2.75, 3.05) is 13.1 Å². The van der Waals surface area contributed by atoms with Crippen LogP contribution in [-0.2, 0) is 17.8 Å². The summed E-state index contributed by atoms with van der Waals surface area (Å²) < 4.78 is 0. The van der Waals surface area contributed by atoms with E-state index >= 15 is 0 Å². The van der Waals surface area contributed by atoms with Gasteiger partial charge in [-0.3, -0.25) is 14.5 Å². The van der Waals surface area contributed by atoms with Crippen LogP contribution in [0.2, 0.25) is 0 Å². The lowest BCUT2D eigenvalue weighted by Gasteiger charge is -2.32. The molecular weight excluding hydrogens is 328 g/mol. The molecule has 1 aromatic rings. The van der Waals surface area contributed by atoms with Crippen molar-refractivity contribution in [1.82, 2.24) is 19.8 Å². The molecule has 1 saturated heterocycles. The van der Waals surface area contributed by atoms with Crippen LogP contribution in [0.4, 0.5) is 0 Å². The number of nitrogens with one attached hydrogen (secondary N) is 1. The quantitative estimate of drug-likeness (QED) is 0.901. The molecule has 142 valence electrons. The first-order chi connectivity index (χ1) is 12.5. The number of H-pyrrole nitrogens is 1. The first-order valence-corrected chi connectivity index (χ1v) is 10.2. The topological polar surface area (TPSA) is 69.3 Å². The molecule has 6 heteroatoms. The number of nitrogens with zero attached hydrogens (tertiary/aromatic N) is 3. The van der Waals surface area contributed by atoms with E-state index in [1.807, 2.05) is 4.90 Å². The zero-order chi connectivity index (χ0) is 18.3. The largest absolute Gasteiger partial charge is 0.332 e. The maximum atomic E-state index is 12.9. The second-order valence-corrected chi connectivity index (χ2v) is 8.36. The predicted molar refractivity (Wildman–Crippen MR) is 99.8 cm³/mol. The van der Waals surface area contributed by atoms with E-state index in [4.69, 9.17) is 4.98 Å². The van der Waals surface area contributed by atoms with Crippen LogP contribution in [0.15, 0.2) is 4.79 Å². The van der Waals surface area contributed by atoms with Gasteiger partial charge in [-0.2, -0.15) is 0 Å². The maximum absolute atomic E-state index is 12.9. The summed E-state index contributed by atoms with van der Waals surface area (Å²) in [6, 6.07) is 0.376. The Labute approximate surface area is 155 Å². The first-order valence-electron chi connectivity index (χ1n) is 10.2. The van der Waals surface area contributed by atoms with Crippen LogP contribution in [0.25, 0.3) is 0 Å². The summed E-state index contributed by atoms with van der Waals surface area (Å²) in [5.74, 6) is 1.16.